The molecule has 1 rings (SSSR count). The first-order valence-electron chi connectivity index (χ1n) is 10.1. The first kappa shape index (κ1) is 22.8. The van der Waals surface area contributed by atoms with E-state index in [1.54, 1.807) is 0 Å². The molecular formula is C21H36O5. The molecule has 0 amide bonds. The van der Waals surface area contributed by atoms with Gasteiger partial charge in [-0.3, -0.25) is 9.59 Å². The summed E-state index contributed by atoms with van der Waals surface area (Å²) in [5, 5.41) is 20.1. The summed E-state index contributed by atoms with van der Waals surface area (Å²) in [7, 11) is 1.40. The van der Waals surface area contributed by atoms with Crippen LogP contribution in [0.25, 0.3) is 0 Å². The second kappa shape index (κ2) is 13.0. The highest BCUT2D eigenvalue weighted by Gasteiger charge is 2.39. The van der Waals surface area contributed by atoms with Gasteiger partial charge in [0.05, 0.1) is 19.3 Å². The molecule has 1 aliphatic rings. The van der Waals surface area contributed by atoms with Crippen molar-refractivity contribution in [2.45, 2.75) is 89.8 Å². The lowest BCUT2D eigenvalue weighted by atomic mass is 9.88. The third-order valence-corrected chi connectivity index (χ3v) is 5.26. The number of methoxy groups -OCH3 is 1. The normalized spacial score (nSPS) is 24.3. The van der Waals surface area contributed by atoms with E-state index in [1.165, 1.54) is 7.11 Å². The maximum Gasteiger partial charge on any atom is 0.305 e. The monoisotopic (exact) mass is 368 g/mol. The smallest absolute Gasteiger partial charge is 0.305 e. The summed E-state index contributed by atoms with van der Waals surface area (Å²) < 4.78 is 4.62. The van der Waals surface area contributed by atoms with Crippen LogP contribution in [-0.2, 0) is 14.3 Å². The zero-order valence-corrected chi connectivity index (χ0v) is 16.4. The van der Waals surface area contributed by atoms with Crippen LogP contribution in [0.15, 0.2) is 12.2 Å². The van der Waals surface area contributed by atoms with Crippen LogP contribution in [0.1, 0.15) is 77.6 Å². The van der Waals surface area contributed by atoms with Gasteiger partial charge in [-0.2, -0.15) is 0 Å². The Morgan fingerprint density at radius 3 is 2.69 bits per heavy atom. The van der Waals surface area contributed by atoms with Gasteiger partial charge in [-0.25, -0.2) is 0 Å². The van der Waals surface area contributed by atoms with Crippen molar-refractivity contribution in [3.63, 3.8) is 0 Å². The predicted molar refractivity (Wildman–Crippen MR) is 102 cm³/mol. The zero-order valence-electron chi connectivity index (χ0n) is 16.4. The van der Waals surface area contributed by atoms with E-state index in [2.05, 4.69) is 11.7 Å². The number of aliphatic hydroxyl groups is 2. The molecule has 1 unspecified atom stereocenters. The standard InChI is InChI=1S/C21H36O5/c1-3-4-10-16(22)11-9-13-18-17(19(23)15-20(18)24)12-7-5-6-8-14-21(25)26-2/h9,13,16-18,20,22,24H,3-8,10-12,14-15H2,1-2H3/b13-9+/t16?,17-,18-,20-/m1/s1. The number of carbonyl (C=O) groups is 2. The summed E-state index contributed by atoms with van der Waals surface area (Å²) in [4.78, 5) is 23.2. The Hall–Kier alpha value is -1.20. The molecule has 26 heavy (non-hydrogen) atoms. The van der Waals surface area contributed by atoms with E-state index in [0.29, 0.717) is 12.8 Å². The summed E-state index contributed by atoms with van der Waals surface area (Å²) in [6.07, 6.45) is 11.5. The molecule has 1 fully saturated rings. The Bertz CT molecular complexity index is 446. The fraction of sp³-hybridized carbons (Fsp3) is 0.810. The van der Waals surface area contributed by atoms with E-state index in [-0.39, 0.29) is 36.1 Å². The highest BCUT2D eigenvalue weighted by atomic mass is 16.5. The first-order valence-corrected chi connectivity index (χ1v) is 10.1. The van der Waals surface area contributed by atoms with Gasteiger partial charge in [0.1, 0.15) is 5.78 Å². The third kappa shape index (κ3) is 8.45. The van der Waals surface area contributed by atoms with Crippen molar-refractivity contribution in [3.05, 3.63) is 12.2 Å². The van der Waals surface area contributed by atoms with E-state index >= 15 is 0 Å². The van der Waals surface area contributed by atoms with Crippen molar-refractivity contribution < 1.29 is 24.5 Å². The number of hydrogen-bond acceptors (Lipinski definition) is 5. The van der Waals surface area contributed by atoms with Crippen LogP contribution in [0, 0.1) is 11.8 Å². The number of Topliss-reactive ketones (excluding diaryl/α,β-unsaturated/α-hetero) is 1. The molecule has 1 aliphatic carbocycles. The molecule has 0 aromatic heterocycles. The number of esters is 1. The van der Waals surface area contributed by atoms with Gasteiger partial charge in [-0.15, -0.1) is 0 Å². The maximum atomic E-state index is 12.2. The van der Waals surface area contributed by atoms with Crippen LogP contribution < -0.4 is 0 Å². The molecule has 4 atom stereocenters. The van der Waals surface area contributed by atoms with Gasteiger partial charge in [-0.1, -0.05) is 51.2 Å². The molecule has 2 N–H and O–H groups in total. The maximum absolute atomic E-state index is 12.2. The molecule has 0 spiro atoms. The highest BCUT2D eigenvalue weighted by molar-refractivity contribution is 5.84. The van der Waals surface area contributed by atoms with Crippen LogP contribution in [-0.4, -0.2) is 41.3 Å². The number of carbonyl (C=O) groups excluding carboxylic acids is 2. The van der Waals surface area contributed by atoms with Gasteiger partial charge in [0.2, 0.25) is 0 Å². The molecule has 1 saturated carbocycles. The molecule has 0 aliphatic heterocycles. The molecule has 0 saturated heterocycles. The summed E-state index contributed by atoms with van der Waals surface area (Å²) in [6.45, 7) is 2.10. The van der Waals surface area contributed by atoms with E-state index < -0.39 is 6.10 Å². The van der Waals surface area contributed by atoms with Crippen LogP contribution >= 0.6 is 0 Å². The number of unbranched alkanes of at least 4 members (excludes halogenated alkanes) is 4. The lowest BCUT2D eigenvalue weighted by molar-refractivity contribution is -0.140. The minimum Gasteiger partial charge on any atom is -0.469 e. The Morgan fingerprint density at radius 1 is 1.27 bits per heavy atom. The summed E-state index contributed by atoms with van der Waals surface area (Å²) in [6, 6.07) is 0. The second-order valence-corrected chi connectivity index (χ2v) is 7.41. The molecule has 0 aromatic carbocycles. The zero-order chi connectivity index (χ0) is 19.4. The molecule has 150 valence electrons. The van der Waals surface area contributed by atoms with Crippen molar-refractivity contribution in [1.82, 2.24) is 0 Å². The molecule has 0 aromatic rings. The Morgan fingerprint density at radius 2 is 2.00 bits per heavy atom. The third-order valence-electron chi connectivity index (χ3n) is 5.26. The fourth-order valence-corrected chi connectivity index (χ4v) is 3.63. The lowest BCUT2D eigenvalue weighted by Crippen LogP contribution is -2.18. The molecule has 0 heterocycles. The van der Waals surface area contributed by atoms with Gasteiger partial charge in [0, 0.05) is 24.7 Å². The quantitative estimate of drug-likeness (QED) is 0.295. The van der Waals surface area contributed by atoms with Crippen LogP contribution in [0.4, 0.5) is 0 Å². The average molecular weight is 369 g/mol. The fourth-order valence-electron chi connectivity index (χ4n) is 3.63. The minimum absolute atomic E-state index is 0.116. The van der Waals surface area contributed by atoms with Gasteiger partial charge in [-0.05, 0) is 25.7 Å². The van der Waals surface area contributed by atoms with E-state index in [0.717, 1.165) is 51.4 Å². The molecule has 5 nitrogen and oxygen atoms in total. The molecule has 0 bridgehead atoms. The molecular weight excluding hydrogens is 332 g/mol. The lowest BCUT2D eigenvalue weighted by Gasteiger charge is -2.17. The topological polar surface area (TPSA) is 83.8 Å². The molecule has 0 radical (unpaired) electrons. The average Bonchev–Trinajstić information content (AvgIpc) is 2.89. The number of rotatable bonds is 13. The van der Waals surface area contributed by atoms with Crippen LogP contribution in [0.2, 0.25) is 0 Å². The number of ether oxygens (including phenoxy) is 1. The summed E-state index contributed by atoms with van der Waals surface area (Å²) >= 11 is 0. The largest absolute Gasteiger partial charge is 0.469 e. The van der Waals surface area contributed by atoms with Crippen molar-refractivity contribution in [2.75, 3.05) is 7.11 Å². The van der Waals surface area contributed by atoms with E-state index in [1.807, 2.05) is 12.2 Å². The van der Waals surface area contributed by atoms with Crippen LogP contribution in [0.5, 0.6) is 0 Å². The highest BCUT2D eigenvalue weighted by Crippen LogP contribution is 2.34. The van der Waals surface area contributed by atoms with Crippen molar-refractivity contribution in [3.8, 4) is 0 Å². The number of hydrogen-bond donors (Lipinski definition) is 2. The van der Waals surface area contributed by atoms with Gasteiger partial charge >= 0.3 is 5.97 Å². The first-order chi connectivity index (χ1) is 12.5. The number of aliphatic hydroxyl groups excluding tert-OH is 2. The van der Waals surface area contributed by atoms with Crippen molar-refractivity contribution >= 4 is 11.8 Å². The van der Waals surface area contributed by atoms with E-state index in [9.17, 15) is 19.8 Å². The van der Waals surface area contributed by atoms with Gasteiger partial charge in [0.25, 0.3) is 0 Å². The summed E-state index contributed by atoms with van der Waals surface area (Å²) in [5.74, 6) is -0.274. The summed E-state index contributed by atoms with van der Waals surface area (Å²) in [5.41, 5.74) is 0. The van der Waals surface area contributed by atoms with Crippen molar-refractivity contribution in [2.24, 2.45) is 11.8 Å². The minimum atomic E-state index is -0.601. The molecule has 5 heteroatoms. The van der Waals surface area contributed by atoms with E-state index in [4.69, 9.17) is 0 Å². The van der Waals surface area contributed by atoms with Gasteiger partial charge < -0.3 is 14.9 Å². The Labute approximate surface area is 157 Å². The predicted octanol–water partition coefficient (Wildman–Crippen LogP) is 3.56. The van der Waals surface area contributed by atoms with Gasteiger partial charge in [0.15, 0.2) is 0 Å². The SMILES string of the molecule is CCCCC(O)C/C=C/[C@H]1[C@H](O)CC(=O)[C@@H]1CCCCCCC(=O)OC. The second-order valence-electron chi connectivity index (χ2n) is 7.41. The van der Waals surface area contributed by atoms with Crippen LogP contribution in [0.3, 0.4) is 0 Å². The Kier molecular flexibility index (Phi) is 11.5. The Balaban J connectivity index is 2.34. The van der Waals surface area contributed by atoms with Crippen molar-refractivity contribution in [1.29, 1.82) is 0 Å². The number of ketones is 1.